The Balaban J connectivity index is 1.57. The highest BCUT2D eigenvalue weighted by Gasteiger charge is 2.21. The summed E-state index contributed by atoms with van der Waals surface area (Å²) in [7, 11) is 0. The molecule has 6 nitrogen and oxygen atoms in total. The molecule has 2 heterocycles. The molecule has 1 aromatic heterocycles. The van der Waals surface area contributed by atoms with Gasteiger partial charge in [0.1, 0.15) is 0 Å². The minimum Gasteiger partial charge on any atom is -0.466 e. The predicted octanol–water partition coefficient (Wildman–Crippen LogP) is 1.72. The smallest absolute Gasteiger partial charge is 0.260 e. The van der Waals surface area contributed by atoms with Crippen LogP contribution in [0.5, 0.6) is 5.88 Å². The number of ether oxygens (including phenoxy) is 1. The third-order valence-electron chi connectivity index (χ3n) is 4.38. The number of aromatic nitrogens is 2. The fraction of sp³-hybridized carbons (Fsp3) is 0.444. The lowest BCUT2D eigenvalue weighted by Crippen LogP contribution is -2.49. The van der Waals surface area contributed by atoms with E-state index in [9.17, 15) is 4.79 Å². The summed E-state index contributed by atoms with van der Waals surface area (Å²) in [6, 6.07) is 9.86. The van der Waals surface area contributed by atoms with Crippen LogP contribution in [0.15, 0.2) is 36.5 Å². The molecule has 6 heteroatoms. The number of carbonyl (C=O) groups is 1. The van der Waals surface area contributed by atoms with E-state index >= 15 is 0 Å². The second-order valence-electron chi connectivity index (χ2n) is 6.00. The topological polar surface area (TPSA) is 50.6 Å². The summed E-state index contributed by atoms with van der Waals surface area (Å²) in [4.78, 5) is 16.5. The normalized spacial score (nSPS) is 15.5. The number of aryl methyl sites for hydroxylation is 1. The standard InChI is InChI=1S/C18H24N4O2/c1-3-20-9-11-21(12-10-20)17(23)14-24-18-15(2)13-22(19-18)16-7-5-4-6-8-16/h4-8,13H,3,9-12,14H2,1-2H3. The number of nitrogens with zero attached hydrogens (tertiary/aromatic N) is 4. The van der Waals surface area contributed by atoms with Crippen molar-refractivity contribution in [1.29, 1.82) is 0 Å². The maximum Gasteiger partial charge on any atom is 0.260 e. The second-order valence-corrected chi connectivity index (χ2v) is 6.00. The Morgan fingerprint density at radius 3 is 2.54 bits per heavy atom. The highest BCUT2D eigenvalue weighted by molar-refractivity contribution is 5.77. The molecule has 1 amide bonds. The first-order valence-corrected chi connectivity index (χ1v) is 8.42. The van der Waals surface area contributed by atoms with E-state index in [1.807, 2.05) is 48.4 Å². The summed E-state index contributed by atoms with van der Waals surface area (Å²) in [6.45, 7) is 8.57. The van der Waals surface area contributed by atoms with Crippen LogP contribution >= 0.6 is 0 Å². The zero-order valence-electron chi connectivity index (χ0n) is 14.3. The van der Waals surface area contributed by atoms with Gasteiger partial charge in [0.25, 0.3) is 5.91 Å². The molecule has 0 aliphatic carbocycles. The largest absolute Gasteiger partial charge is 0.466 e. The van der Waals surface area contributed by atoms with E-state index in [4.69, 9.17) is 4.74 Å². The maximum atomic E-state index is 12.3. The van der Waals surface area contributed by atoms with Crippen LogP contribution in [0.2, 0.25) is 0 Å². The number of piperazine rings is 1. The molecule has 0 atom stereocenters. The van der Waals surface area contributed by atoms with E-state index in [1.165, 1.54) is 0 Å². The number of para-hydroxylation sites is 1. The van der Waals surface area contributed by atoms with Gasteiger partial charge >= 0.3 is 0 Å². The zero-order valence-corrected chi connectivity index (χ0v) is 14.3. The Labute approximate surface area is 142 Å². The fourth-order valence-corrected chi connectivity index (χ4v) is 2.83. The number of hydrogen-bond donors (Lipinski definition) is 0. The first kappa shape index (κ1) is 16.5. The zero-order chi connectivity index (χ0) is 16.9. The van der Waals surface area contributed by atoms with E-state index in [1.54, 1.807) is 4.68 Å². The van der Waals surface area contributed by atoms with Crippen LogP contribution in [0.4, 0.5) is 0 Å². The molecule has 1 aromatic carbocycles. The van der Waals surface area contributed by atoms with Gasteiger partial charge in [0.15, 0.2) is 6.61 Å². The first-order chi connectivity index (χ1) is 11.7. The van der Waals surface area contributed by atoms with Gasteiger partial charge < -0.3 is 14.5 Å². The van der Waals surface area contributed by atoms with Gasteiger partial charge in [0.05, 0.1) is 5.69 Å². The number of carbonyl (C=O) groups excluding carboxylic acids is 1. The molecule has 24 heavy (non-hydrogen) atoms. The van der Waals surface area contributed by atoms with Gasteiger partial charge in [-0.2, -0.15) is 0 Å². The molecule has 1 aliphatic rings. The van der Waals surface area contributed by atoms with Crippen molar-refractivity contribution in [3.05, 3.63) is 42.1 Å². The SMILES string of the molecule is CCN1CCN(C(=O)COc2nn(-c3ccccc3)cc2C)CC1. The lowest BCUT2D eigenvalue weighted by Gasteiger charge is -2.33. The molecule has 1 saturated heterocycles. The molecule has 3 rings (SSSR count). The van der Waals surface area contributed by atoms with Gasteiger partial charge in [-0.05, 0) is 25.6 Å². The fourth-order valence-electron chi connectivity index (χ4n) is 2.83. The second kappa shape index (κ2) is 7.49. The highest BCUT2D eigenvalue weighted by Crippen LogP contribution is 2.18. The highest BCUT2D eigenvalue weighted by atomic mass is 16.5. The molecule has 128 valence electrons. The van der Waals surface area contributed by atoms with E-state index in [0.29, 0.717) is 5.88 Å². The average Bonchev–Trinajstić information content (AvgIpc) is 3.01. The number of rotatable bonds is 5. The summed E-state index contributed by atoms with van der Waals surface area (Å²) < 4.78 is 7.44. The lowest BCUT2D eigenvalue weighted by molar-refractivity contribution is -0.135. The van der Waals surface area contributed by atoms with Crippen molar-refractivity contribution in [1.82, 2.24) is 19.6 Å². The number of benzene rings is 1. The van der Waals surface area contributed by atoms with Gasteiger partial charge in [-0.1, -0.05) is 25.1 Å². The summed E-state index contributed by atoms with van der Waals surface area (Å²) in [5.74, 6) is 0.541. The molecule has 0 radical (unpaired) electrons. The van der Waals surface area contributed by atoms with E-state index in [-0.39, 0.29) is 12.5 Å². The van der Waals surface area contributed by atoms with Crippen LogP contribution < -0.4 is 4.74 Å². The first-order valence-electron chi connectivity index (χ1n) is 8.42. The quantitative estimate of drug-likeness (QED) is 0.839. The molecule has 0 N–H and O–H groups in total. The summed E-state index contributed by atoms with van der Waals surface area (Å²) in [6.07, 6.45) is 1.91. The van der Waals surface area contributed by atoms with Crippen LogP contribution in [0.25, 0.3) is 5.69 Å². The Bertz CT molecular complexity index is 676. The van der Waals surface area contributed by atoms with Crippen molar-refractivity contribution in [3.63, 3.8) is 0 Å². The van der Waals surface area contributed by atoms with Gasteiger partial charge in [-0.3, -0.25) is 4.79 Å². The Morgan fingerprint density at radius 2 is 1.88 bits per heavy atom. The third kappa shape index (κ3) is 3.76. The lowest BCUT2D eigenvalue weighted by atomic mass is 10.3. The Hall–Kier alpha value is -2.34. The van der Waals surface area contributed by atoms with Crippen LogP contribution in [0.1, 0.15) is 12.5 Å². The number of amides is 1. The van der Waals surface area contributed by atoms with Crippen LogP contribution in [0, 0.1) is 6.92 Å². The predicted molar refractivity (Wildman–Crippen MR) is 92.5 cm³/mol. The van der Waals surface area contributed by atoms with Crippen molar-refractivity contribution < 1.29 is 9.53 Å². The minimum absolute atomic E-state index is 0.0272. The minimum atomic E-state index is 0.0272. The van der Waals surface area contributed by atoms with E-state index < -0.39 is 0 Å². The van der Waals surface area contributed by atoms with Crippen molar-refractivity contribution in [2.45, 2.75) is 13.8 Å². The molecule has 1 fully saturated rings. The third-order valence-corrected chi connectivity index (χ3v) is 4.38. The van der Waals surface area contributed by atoms with Gasteiger partial charge in [-0.25, -0.2) is 4.68 Å². The Morgan fingerprint density at radius 1 is 1.17 bits per heavy atom. The van der Waals surface area contributed by atoms with Crippen LogP contribution in [-0.4, -0.2) is 64.8 Å². The average molecular weight is 328 g/mol. The summed E-state index contributed by atoms with van der Waals surface area (Å²) in [5.41, 5.74) is 1.89. The van der Waals surface area contributed by atoms with Crippen molar-refractivity contribution in [3.8, 4) is 11.6 Å². The molecule has 1 aliphatic heterocycles. The van der Waals surface area contributed by atoms with Crippen LogP contribution in [0.3, 0.4) is 0 Å². The monoisotopic (exact) mass is 328 g/mol. The van der Waals surface area contributed by atoms with E-state index in [0.717, 1.165) is 44.0 Å². The van der Waals surface area contributed by atoms with Crippen molar-refractivity contribution in [2.24, 2.45) is 0 Å². The maximum absolute atomic E-state index is 12.3. The molecule has 0 unspecified atom stereocenters. The van der Waals surface area contributed by atoms with Gasteiger partial charge in [-0.15, -0.1) is 5.10 Å². The van der Waals surface area contributed by atoms with E-state index in [2.05, 4.69) is 16.9 Å². The van der Waals surface area contributed by atoms with Gasteiger partial charge in [0, 0.05) is 37.9 Å². The summed E-state index contributed by atoms with van der Waals surface area (Å²) >= 11 is 0. The molecular formula is C18H24N4O2. The van der Waals surface area contributed by atoms with Crippen LogP contribution in [-0.2, 0) is 4.79 Å². The molecule has 2 aromatic rings. The summed E-state index contributed by atoms with van der Waals surface area (Å²) in [5, 5.41) is 4.44. The Kier molecular flexibility index (Phi) is 5.15. The molecule has 0 spiro atoms. The number of hydrogen-bond acceptors (Lipinski definition) is 4. The molecule has 0 bridgehead atoms. The number of likely N-dealkylation sites (N-methyl/N-ethyl adjacent to an activating group) is 1. The van der Waals surface area contributed by atoms with Gasteiger partial charge in [0.2, 0.25) is 5.88 Å². The van der Waals surface area contributed by atoms with Crippen molar-refractivity contribution >= 4 is 5.91 Å². The van der Waals surface area contributed by atoms with Crippen molar-refractivity contribution in [2.75, 3.05) is 39.3 Å². The molecular weight excluding hydrogens is 304 g/mol. The molecule has 0 saturated carbocycles.